The van der Waals surface area contributed by atoms with Crippen molar-refractivity contribution in [3.05, 3.63) is 42.2 Å². The highest BCUT2D eigenvalue weighted by Crippen LogP contribution is 2.28. The Bertz CT molecular complexity index is 550. The summed E-state index contributed by atoms with van der Waals surface area (Å²) in [7, 11) is 0. The molecule has 0 unspecified atom stereocenters. The summed E-state index contributed by atoms with van der Waals surface area (Å²) in [4.78, 5) is 4.16. The topological polar surface area (TPSA) is 54.2 Å². The van der Waals surface area contributed by atoms with E-state index in [-0.39, 0.29) is 6.61 Å². The van der Waals surface area contributed by atoms with Gasteiger partial charge in [-0.3, -0.25) is 4.90 Å². The van der Waals surface area contributed by atoms with Crippen molar-refractivity contribution in [2.24, 2.45) is 0 Å². The predicted molar refractivity (Wildman–Crippen MR) is 81.1 cm³/mol. The molecule has 0 atom stereocenters. The standard InChI is InChI=1S/C16H22N4O/c21-11-5-4-10-19(15-8-9-15)13-14-12-17-20(18-14)16-6-2-1-3-7-16/h1-3,6-7,12,15,21H,4-5,8-11,13H2. The Kier molecular flexibility index (Phi) is 4.62. The van der Waals surface area contributed by atoms with Gasteiger partial charge in [-0.15, -0.1) is 0 Å². The normalized spacial score (nSPS) is 14.8. The number of hydrogen-bond acceptors (Lipinski definition) is 4. The van der Waals surface area contributed by atoms with Crippen LogP contribution in [0.3, 0.4) is 0 Å². The molecule has 0 bridgehead atoms. The van der Waals surface area contributed by atoms with E-state index in [1.54, 1.807) is 4.80 Å². The lowest BCUT2D eigenvalue weighted by Gasteiger charge is -2.20. The molecule has 0 spiro atoms. The minimum atomic E-state index is 0.280. The van der Waals surface area contributed by atoms with Gasteiger partial charge in [0.05, 0.1) is 17.6 Å². The average molecular weight is 286 g/mol. The van der Waals surface area contributed by atoms with Crippen LogP contribution in [0.15, 0.2) is 36.5 Å². The van der Waals surface area contributed by atoms with Gasteiger partial charge in [0, 0.05) is 19.2 Å². The van der Waals surface area contributed by atoms with E-state index in [2.05, 4.69) is 15.1 Å². The molecule has 0 saturated heterocycles. The molecular weight excluding hydrogens is 264 g/mol. The molecule has 5 nitrogen and oxygen atoms in total. The summed E-state index contributed by atoms with van der Waals surface area (Å²) in [5.41, 5.74) is 2.00. The summed E-state index contributed by atoms with van der Waals surface area (Å²) < 4.78 is 0. The van der Waals surface area contributed by atoms with Crippen molar-refractivity contribution >= 4 is 0 Å². The Labute approximate surface area is 125 Å². The number of nitrogens with zero attached hydrogens (tertiary/aromatic N) is 4. The molecule has 0 aliphatic heterocycles. The summed E-state index contributed by atoms with van der Waals surface area (Å²) in [6, 6.07) is 10.7. The van der Waals surface area contributed by atoms with Gasteiger partial charge in [-0.25, -0.2) is 0 Å². The van der Waals surface area contributed by atoms with E-state index in [4.69, 9.17) is 5.11 Å². The van der Waals surface area contributed by atoms with Gasteiger partial charge in [0.25, 0.3) is 0 Å². The summed E-state index contributed by atoms with van der Waals surface area (Å²) in [6.07, 6.45) is 6.34. The summed E-state index contributed by atoms with van der Waals surface area (Å²) in [6.45, 7) is 2.16. The number of aromatic nitrogens is 3. The van der Waals surface area contributed by atoms with Gasteiger partial charge >= 0.3 is 0 Å². The van der Waals surface area contributed by atoms with Crippen LogP contribution < -0.4 is 0 Å². The lowest BCUT2D eigenvalue weighted by Crippen LogP contribution is -2.27. The molecule has 1 heterocycles. The monoisotopic (exact) mass is 286 g/mol. The number of unbranched alkanes of at least 4 members (excludes halogenated alkanes) is 1. The Morgan fingerprint density at radius 2 is 2.00 bits per heavy atom. The largest absolute Gasteiger partial charge is 0.396 e. The Morgan fingerprint density at radius 3 is 2.71 bits per heavy atom. The van der Waals surface area contributed by atoms with Crippen molar-refractivity contribution in [3.63, 3.8) is 0 Å². The first-order valence-corrected chi connectivity index (χ1v) is 7.68. The highest BCUT2D eigenvalue weighted by atomic mass is 16.2. The maximum atomic E-state index is 8.91. The molecule has 1 aliphatic carbocycles. The molecule has 1 aromatic heterocycles. The minimum Gasteiger partial charge on any atom is -0.396 e. The molecule has 1 aliphatic rings. The Balaban J connectivity index is 1.62. The second kappa shape index (κ2) is 6.83. The highest BCUT2D eigenvalue weighted by Gasteiger charge is 2.29. The fraction of sp³-hybridized carbons (Fsp3) is 0.500. The number of hydrogen-bond donors (Lipinski definition) is 1. The minimum absolute atomic E-state index is 0.280. The van der Waals surface area contributed by atoms with Crippen LogP contribution in [0.5, 0.6) is 0 Å². The molecule has 1 saturated carbocycles. The summed E-state index contributed by atoms with van der Waals surface area (Å²) in [5, 5.41) is 17.8. The van der Waals surface area contributed by atoms with Crippen LogP contribution in [0.25, 0.3) is 5.69 Å². The van der Waals surface area contributed by atoms with E-state index in [1.807, 2.05) is 36.5 Å². The number of benzene rings is 1. The second-order valence-electron chi connectivity index (χ2n) is 5.59. The molecular formula is C16H22N4O. The van der Waals surface area contributed by atoms with Gasteiger partial charge in [0.1, 0.15) is 0 Å². The quantitative estimate of drug-likeness (QED) is 0.754. The van der Waals surface area contributed by atoms with Gasteiger partial charge in [0.15, 0.2) is 0 Å². The lowest BCUT2D eigenvalue weighted by atomic mass is 10.3. The third-order valence-corrected chi connectivity index (χ3v) is 3.81. The third kappa shape index (κ3) is 3.89. The molecule has 1 N–H and O–H groups in total. The van der Waals surface area contributed by atoms with Crippen LogP contribution in [0, 0.1) is 0 Å². The third-order valence-electron chi connectivity index (χ3n) is 3.81. The first-order chi connectivity index (χ1) is 10.4. The summed E-state index contributed by atoms with van der Waals surface area (Å²) in [5.74, 6) is 0. The fourth-order valence-corrected chi connectivity index (χ4v) is 2.52. The number of rotatable bonds is 8. The van der Waals surface area contributed by atoms with Crippen molar-refractivity contribution in [2.45, 2.75) is 38.3 Å². The van der Waals surface area contributed by atoms with E-state index in [1.165, 1.54) is 12.8 Å². The maximum absolute atomic E-state index is 8.91. The van der Waals surface area contributed by atoms with Crippen molar-refractivity contribution in [2.75, 3.05) is 13.2 Å². The first kappa shape index (κ1) is 14.2. The van der Waals surface area contributed by atoms with E-state index < -0.39 is 0 Å². The summed E-state index contributed by atoms with van der Waals surface area (Å²) >= 11 is 0. The second-order valence-corrected chi connectivity index (χ2v) is 5.59. The van der Waals surface area contributed by atoms with Gasteiger partial charge < -0.3 is 5.11 Å². The van der Waals surface area contributed by atoms with Crippen LogP contribution >= 0.6 is 0 Å². The smallest absolute Gasteiger partial charge is 0.0971 e. The van der Waals surface area contributed by atoms with Crippen molar-refractivity contribution in [1.29, 1.82) is 0 Å². The SMILES string of the molecule is OCCCCN(Cc1cnn(-c2ccccc2)n1)C1CC1. The van der Waals surface area contributed by atoms with Gasteiger partial charge in [-0.2, -0.15) is 15.0 Å². The van der Waals surface area contributed by atoms with E-state index >= 15 is 0 Å². The van der Waals surface area contributed by atoms with Crippen LogP contribution in [0.2, 0.25) is 0 Å². The van der Waals surface area contributed by atoms with E-state index in [9.17, 15) is 0 Å². The first-order valence-electron chi connectivity index (χ1n) is 7.68. The van der Waals surface area contributed by atoms with E-state index in [0.29, 0.717) is 6.04 Å². The zero-order chi connectivity index (χ0) is 14.5. The molecule has 112 valence electrons. The zero-order valence-electron chi connectivity index (χ0n) is 12.2. The number of aliphatic hydroxyl groups is 1. The Hall–Kier alpha value is -1.72. The zero-order valence-corrected chi connectivity index (χ0v) is 12.2. The molecule has 1 fully saturated rings. The highest BCUT2D eigenvalue weighted by molar-refractivity contribution is 5.28. The lowest BCUT2D eigenvalue weighted by molar-refractivity contribution is 0.226. The molecule has 3 rings (SSSR count). The number of para-hydroxylation sites is 1. The molecule has 5 heteroatoms. The molecule has 2 aromatic rings. The van der Waals surface area contributed by atoms with Gasteiger partial charge in [0.2, 0.25) is 0 Å². The predicted octanol–water partition coefficient (Wildman–Crippen LogP) is 2.00. The van der Waals surface area contributed by atoms with Crippen LogP contribution in [0.1, 0.15) is 31.4 Å². The van der Waals surface area contributed by atoms with Crippen LogP contribution in [0.4, 0.5) is 0 Å². The van der Waals surface area contributed by atoms with Crippen molar-refractivity contribution < 1.29 is 5.11 Å². The molecule has 0 radical (unpaired) electrons. The van der Waals surface area contributed by atoms with Gasteiger partial charge in [-0.05, 0) is 44.4 Å². The maximum Gasteiger partial charge on any atom is 0.0971 e. The fourth-order valence-electron chi connectivity index (χ4n) is 2.52. The Morgan fingerprint density at radius 1 is 1.19 bits per heavy atom. The van der Waals surface area contributed by atoms with Crippen LogP contribution in [-0.4, -0.2) is 44.2 Å². The van der Waals surface area contributed by atoms with E-state index in [0.717, 1.165) is 37.3 Å². The molecule has 0 amide bonds. The average Bonchev–Trinajstić information content (AvgIpc) is 3.27. The number of aliphatic hydroxyl groups excluding tert-OH is 1. The van der Waals surface area contributed by atoms with Crippen molar-refractivity contribution in [1.82, 2.24) is 19.9 Å². The van der Waals surface area contributed by atoms with Crippen LogP contribution in [-0.2, 0) is 6.54 Å². The molecule has 21 heavy (non-hydrogen) atoms. The van der Waals surface area contributed by atoms with Crippen molar-refractivity contribution in [3.8, 4) is 5.69 Å². The molecule has 1 aromatic carbocycles. The van der Waals surface area contributed by atoms with Gasteiger partial charge in [-0.1, -0.05) is 18.2 Å².